The molecule has 32 heavy (non-hydrogen) atoms. The van der Waals surface area contributed by atoms with Crippen LogP contribution in [-0.2, 0) is 20.1 Å². The van der Waals surface area contributed by atoms with Crippen LogP contribution in [0.15, 0.2) is 47.8 Å². The Kier molecular flexibility index (Phi) is 4.67. The standard InChI is InChI=1S/C21H24N4O5S2/c1-14-3-5-16(6-4-14)31(26,27)25-8-7-18-19(22-13-23-20(18)25)24(2)15-9-21(10-15)11-17(12-21)32(28,29)30/h3-8,13,15,17H,9-12H2,1-2H3,(H,28,29,30). The average molecular weight is 477 g/mol. The van der Waals surface area contributed by atoms with Crippen molar-refractivity contribution in [2.24, 2.45) is 5.41 Å². The minimum Gasteiger partial charge on any atom is -0.356 e. The minimum atomic E-state index is -3.96. The Labute approximate surface area is 186 Å². The van der Waals surface area contributed by atoms with Crippen LogP contribution in [0.5, 0.6) is 0 Å². The number of benzene rings is 1. The second-order valence-electron chi connectivity index (χ2n) is 9.08. The van der Waals surface area contributed by atoms with Crippen molar-refractivity contribution in [3.05, 3.63) is 48.4 Å². The second kappa shape index (κ2) is 7.00. The predicted octanol–water partition coefficient (Wildman–Crippen LogP) is 2.61. The summed E-state index contributed by atoms with van der Waals surface area (Å²) in [5.74, 6) is 0.637. The number of hydrogen-bond acceptors (Lipinski definition) is 7. The van der Waals surface area contributed by atoms with Gasteiger partial charge in [-0.2, -0.15) is 8.42 Å². The van der Waals surface area contributed by atoms with E-state index >= 15 is 0 Å². The Morgan fingerprint density at radius 3 is 2.31 bits per heavy atom. The van der Waals surface area contributed by atoms with Crippen LogP contribution in [0.1, 0.15) is 31.2 Å². The number of anilines is 1. The Balaban J connectivity index is 1.40. The third-order valence-electron chi connectivity index (χ3n) is 6.97. The van der Waals surface area contributed by atoms with E-state index < -0.39 is 25.4 Å². The Morgan fingerprint density at radius 1 is 1.03 bits per heavy atom. The van der Waals surface area contributed by atoms with Crippen LogP contribution in [0.4, 0.5) is 5.82 Å². The van der Waals surface area contributed by atoms with Gasteiger partial charge in [0, 0.05) is 19.3 Å². The highest BCUT2D eigenvalue weighted by atomic mass is 32.2. The van der Waals surface area contributed by atoms with Gasteiger partial charge >= 0.3 is 0 Å². The number of aromatic nitrogens is 3. The van der Waals surface area contributed by atoms with Gasteiger partial charge < -0.3 is 4.90 Å². The predicted molar refractivity (Wildman–Crippen MR) is 120 cm³/mol. The lowest BCUT2D eigenvalue weighted by Crippen LogP contribution is -2.58. The molecule has 0 aliphatic heterocycles. The summed E-state index contributed by atoms with van der Waals surface area (Å²) in [6.07, 6.45) is 5.45. The molecule has 3 aromatic rings. The smallest absolute Gasteiger partial charge is 0.269 e. The molecule has 170 valence electrons. The molecule has 2 aromatic heterocycles. The fourth-order valence-corrected chi connectivity index (χ4v) is 7.48. The van der Waals surface area contributed by atoms with Crippen LogP contribution in [0.25, 0.3) is 11.0 Å². The minimum absolute atomic E-state index is 0.0355. The summed E-state index contributed by atoms with van der Waals surface area (Å²) in [5, 5.41) is -0.0171. The van der Waals surface area contributed by atoms with Crippen molar-refractivity contribution in [3.63, 3.8) is 0 Å². The molecular weight excluding hydrogens is 452 g/mol. The van der Waals surface area contributed by atoms with Gasteiger partial charge in [0.2, 0.25) is 0 Å². The van der Waals surface area contributed by atoms with Gasteiger partial charge in [0.15, 0.2) is 5.65 Å². The van der Waals surface area contributed by atoms with E-state index in [0.717, 1.165) is 18.4 Å². The number of hydrogen-bond donors (Lipinski definition) is 1. The van der Waals surface area contributed by atoms with E-state index in [4.69, 9.17) is 0 Å². The zero-order valence-corrected chi connectivity index (χ0v) is 19.3. The molecule has 2 aliphatic rings. The van der Waals surface area contributed by atoms with Crippen LogP contribution in [-0.4, -0.2) is 53.7 Å². The molecule has 0 radical (unpaired) electrons. The summed E-state index contributed by atoms with van der Waals surface area (Å²) >= 11 is 0. The molecule has 2 fully saturated rings. The Morgan fingerprint density at radius 2 is 1.69 bits per heavy atom. The first-order valence-electron chi connectivity index (χ1n) is 10.3. The summed E-state index contributed by atoms with van der Waals surface area (Å²) in [7, 11) is -5.86. The van der Waals surface area contributed by atoms with Gasteiger partial charge in [-0.25, -0.2) is 22.4 Å². The van der Waals surface area contributed by atoms with E-state index in [-0.39, 0.29) is 16.4 Å². The van der Waals surface area contributed by atoms with Crippen LogP contribution >= 0.6 is 0 Å². The van der Waals surface area contributed by atoms with Gasteiger partial charge in [-0.1, -0.05) is 17.7 Å². The largest absolute Gasteiger partial charge is 0.356 e. The maximum absolute atomic E-state index is 13.2. The highest BCUT2D eigenvalue weighted by Gasteiger charge is 2.57. The van der Waals surface area contributed by atoms with Crippen molar-refractivity contribution < 1.29 is 21.4 Å². The van der Waals surface area contributed by atoms with Crippen molar-refractivity contribution >= 4 is 37.0 Å². The molecule has 0 atom stereocenters. The number of nitrogens with zero attached hydrogens (tertiary/aromatic N) is 4. The van der Waals surface area contributed by atoms with E-state index in [0.29, 0.717) is 29.7 Å². The molecule has 0 unspecified atom stereocenters. The average Bonchev–Trinajstić information content (AvgIpc) is 3.10. The molecule has 0 bridgehead atoms. The first-order valence-corrected chi connectivity index (χ1v) is 13.3. The van der Waals surface area contributed by atoms with Gasteiger partial charge in [0.25, 0.3) is 20.1 Å². The summed E-state index contributed by atoms with van der Waals surface area (Å²) in [6.45, 7) is 1.90. The second-order valence-corrected chi connectivity index (χ2v) is 12.6. The third kappa shape index (κ3) is 3.30. The first-order chi connectivity index (χ1) is 15.0. The van der Waals surface area contributed by atoms with Crippen LogP contribution < -0.4 is 4.90 Å². The summed E-state index contributed by atoms with van der Waals surface area (Å²) in [6, 6.07) is 8.54. The Hall–Kier alpha value is -2.50. The number of rotatable bonds is 5. The molecular formula is C21H24N4O5S2. The quantitative estimate of drug-likeness (QED) is 0.558. The van der Waals surface area contributed by atoms with E-state index in [2.05, 4.69) is 9.97 Å². The fraction of sp³-hybridized carbons (Fsp3) is 0.429. The molecule has 2 aliphatic carbocycles. The molecule has 0 saturated heterocycles. The van der Waals surface area contributed by atoms with Crippen molar-refractivity contribution in [1.29, 1.82) is 0 Å². The summed E-state index contributed by atoms with van der Waals surface area (Å²) < 4.78 is 59.3. The van der Waals surface area contributed by atoms with Crippen molar-refractivity contribution in [2.45, 2.75) is 48.8 Å². The lowest BCUT2D eigenvalue weighted by Gasteiger charge is -2.58. The summed E-state index contributed by atoms with van der Waals surface area (Å²) in [4.78, 5) is 10.8. The monoisotopic (exact) mass is 476 g/mol. The molecule has 1 aromatic carbocycles. The Bertz CT molecular complexity index is 1400. The topological polar surface area (TPSA) is 122 Å². The highest BCUT2D eigenvalue weighted by Crippen LogP contribution is 2.59. The van der Waals surface area contributed by atoms with E-state index in [9.17, 15) is 21.4 Å². The van der Waals surface area contributed by atoms with Gasteiger partial charge in [-0.15, -0.1) is 0 Å². The molecule has 2 saturated carbocycles. The van der Waals surface area contributed by atoms with Crippen LogP contribution in [0.2, 0.25) is 0 Å². The molecule has 0 amide bonds. The van der Waals surface area contributed by atoms with Gasteiger partial charge in [-0.3, -0.25) is 4.55 Å². The van der Waals surface area contributed by atoms with E-state index in [1.165, 1.54) is 16.5 Å². The van der Waals surface area contributed by atoms with Crippen molar-refractivity contribution in [3.8, 4) is 0 Å². The third-order valence-corrected chi connectivity index (χ3v) is 9.82. The molecule has 9 nitrogen and oxygen atoms in total. The molecule has 11 heteroatoms. The SMILES string of the molecule is Cc1ccc(S(=O)(=O)n2ccc3c(N(C)C4CC5(C4)CC(S(=O)(=O)O)C5)ncnc32)cc1. The van der Waals surface area contributed by atoms with E-state index in [1.807, 2.05) is 18.9 Å². The molecule has 1 N–H and O–H groups in total. The molecule has 5 rings (SSSR count). The first kappa shape index (κ1) is 21.4. The maximum atomic E-state index is 13.2. The molecule has 2 heterocycles. The lowest BCUT2D eigenvalue weighted by molar-refractivity contribution is 0.0117. The number of fused-ring (bicyclic) bond motifs is 1. The fourth-order valence-electron chi connectivity index (χ4n) is 5.05. The van der Waals surface area contributed by atoms with Gasteiger partial charge in [0.1, 0.15) is 12.1 Å². The zero-order chi connectivity index (χ0) is 22.9. The zero-order valence-electron chi connectivity index (χ0n) is 17.7. The van der Waals surface area contributed by atoms with Gasteiger partial charge in [0.05, 0.1) is 15.5 Å². The van der Waals surface area contributed by atoms with E-state index in [1.54, 1.807) is 30.3 Å². The highest BCUT2D eigenvalue weighted by molar-refractivity contribution is 7.90. The van der Waals surface area contributed by atoms with Crippen LogP contribution in [0.3, 0.4) is 0 Å². The summed E-state index contributed by atoms with van der Waals surface area (Å²) in [5.41, 5.74) is 1.25. The normalized spacial score (nSPS) is 25.5. The lowest BCUT2D eigenvalue weighted by atomic mass is 9.53. The maximum Gasteiger partial charge on any atom is 0.269 e. The van der Waals surface area contributed by atoms with Crippen molar-refractivity contribution in [1.82, 2.24) is 13.9 Å². The molecule has 1 spiro atoms. The van der Waals surface area contributed by atoms with Gasteiger partial charge in [-0.05, 0) is 56.2 Å². The van der Waals surface area contributed by atoms with Crippen molar-refractivity contribution in [2.75, 3.05) is 11.9 Å². The number of aryl methyl sites for hydroxylation is 1. The van der Waals surface area contributed by atoms with Crippen LogP contribution in [0, 0.1) is 12.3 Å².